The number of aromatic nitrogens is 1. The molecule has 0 aliphatic carbocycles. The summed E-state index contributed by atoms with van der Waals surface area (Å²) in [6.45, 7) is 0.944. The molecule has 25 heavy (non-hydrogen) atoms. The van der Waals surface area contributed by atoms with Gasteiger partial charge in [-0.15, -0.1) is 0 Å². The van der Waals surface area contributed by atoms with Crippen LogP contribution in [-0.2, 0) is 10.0 Å². The van der Waals surface area contributed by atoms with Gasteiger partial charge in [0.1, 0.15) is 16.3 Å². The summed E-state index contributed by atoms with van der Waals surface area (Å²) in [4.78, 5) is 17.8. The normalized spacial score (nSPS) is 16.2. The minimum atomic E-state index is -3.70. The van der Waals surface area contributed by atoms with Crippen molar-refractivity contribution in [2.24, 2.45) is 0 Å². The lowest BCUT2D eigenvalue weighted by Gasteiger charge is -2.32. The van der Waals surface area contributed by atoms with Crippen molar-refractivity contribution in [2.75, 3.05) is 13.1 Å². The van der Waals surface area contributed by atoms with Crippen molar-refractivity contribution in [1.29, 1.82) is 0 Å². The minimum absolute atomic E-state index is 0.0423. The van der Waals surface area contributed by atoms with Gasteiger partial charge in [-0.25, -0.2) is 18.1 Å². The van der Waals surface area contributed by atoms with Crippen LogP contribution in [0.4, 0.5) is 0 Å². The highest BCUT2D eigenvalue weighted by Crippen LogP contribution is 2.23. The van der Waals surface area contributed by atoms with Crippen LogP contribution in [0.2, 0.25) is 5.15 Å². The van der Waals surface area contributed by atoms with Gasteiger partial charge in [0, 0.05) is 25.3 Å². The molecule has 0 radical (unpaired) electrons. The van der Waals surface area contributed by atoms with E-state index in [0.717, 1.165) is 0 Å². The van der Waals surface area contributed by atoms with Crippen LogP contribution in [0.15, 0.2) is 44.6 Å². The van der Waals surface area contributed by atoms with Gasteiger partial charge in [-0.05, 0) is 40.9 Å². The van der Waals surface area contributed by atoms with E-state index in [4.69, 9.17) is 16.0 Å². The van der Waals surface area contributed by atoms with Crippen LogP contribution in [0.5, 0.6) is 0 Å². The quantitative estimate of drug-likeness (QED) is 0.726. The van der Waals surface area contributed by atoms with Crippen molar-refractivity contribution in [1.82, 2.24) is 14.6 Å². The van der Waals surface area contributed by atoms with Crippen LogP contribution in [-0.4, -0.2) is 43.3 Å². The van der Waals surface area contributed by atoms with Gasteiger partial charge < -0.3 is 9.32 Å². The fraction of sp³-hybridized carbons (Fsp3) is 0.333. The molecule has 1 saturated heterocycles. The van der Waals surface area contributed by atoms with Gasteiger partial charge in [0.25, 0.3) is 5.91 Å². The van der Waals surface area contributed by atoms with Gasteiger partial charge in [0.15, 0.2) is 0 Å². The third-order valence-corrected chi connectivity index (χ3v) is 6.58. The maximum atomic E-state index is 12.5. The summed E-state index contributed by atoms with van der Waals surface area (Å²) < 4.78 is 32.9. The molecular weight excluding hydrogens is 434 g/mol. The maximum Gasteiger partial charge on any atom is 0.257 e. The van der Waals surface area contributed by atoms with E-state index < -0.39 is 10.0 Å². The molecule has 3 heterocycles. The first-order valence-corrected chi connectivity index (χ1v) is 10.2. The zero-order valence-corrected chi connectivity index (χ0v) is 16.1. The van der Waals surface area contributed by atoms with Crippen molar-refractivity contribution in [3.05, 3.63) is 46.0 Å². The Balaban J connectivity index is 1.61. The van der Waals surface area contributed by atoms with Crippen molar-refractivity contribution in [2.45, 2.75) is 23.8 Å². The smallest absolute Gasteiger partial charge is 0.257 e. The average Bonchev–Trinajstić information content (AvgIpc) is 3.11. The molecule has 1 amide bonds. The Morgan fingerprint density at radius 1 is 1.40 bits per heavy atom. The number of hydrogen-bond donors (Lipinski definition) is 1. The van der Waals surface area contributed by atoms with Crippen LogP contribution in [0.25, 0.3) is 0 Å². The van der Waals surface area contributed by atoms with Gasteiger partial charge in [-0.1, -0.05) is 11.6 Å². The number of rotatable bonds is 4. The molecule has 1 aliphatic rings. The highest BCUT2D eigenvalue weighted by Gasteiger charge is 2.27. The van der Waals surface area contributed by atoms with Gasteiger partial charge in [0.05, 0.1) is 16.3 Å². The Labute approximate surface area is 158 Å². The number of nitrogens with zero attached hydrogens (tertiary/aromatic N) is 2. The highest BCUT2D eigenvalue weighted by atomic mass is 79.9. The molecular formula is C15H15BrClN3O4S. The molecule has 1 fully saturated rings. The Kier molecular flexibility index (Phi) is 5.47. The number of carbonyl (C=O) groups excluding carboxylic acids is 1. The van der Waals surface area contributed by atoms with Crippen molar-refractivity contribution in [3.63, 3.8) is 0 Å². The summed E-state index contributed by atoms with van der Waals surface area (Å²) in [7, 11) is -3.70. The summed E-state index contributed by atoms with van der Waals surface area (Å²) in [6, 6.07) is 2.78. The van der Waals surface area contributed by atoms with Gasteiger partial charge in [-0.2, -0.15) is 0 Å². The summed E-state index contributed by atoms with van der Waals surface area (Å²) in [6.07, 6.45) is 5.14. The average molecular weight is 449 g/mol. The molecule has 1 aliphatic heterocycles. The molecule has 0 saturated carbocycles. The Morgan fingerprint density at radius 2 is 2.12 bits per heavy atom. The number of piperidine rings is 1. The lowest BCUT2D eigenvalue weighted by molar-refractivity contribution is 0.0710. The number of likely N-dealkylation sites (tertiary alicyclic amines) is 1. The molecule has 0 atom stereocenters. The molecule has 10 heteroatoms. The van der Waals surface area contributed by atoms with Crippen LogP contribution >= 0.6 is 27.5 Å². The minimum Gasteiger partial charge on any atom is -0.472 e. The van der Waals surface area contributed by atoms with Gasteiger partial charge >= 0.3 is 0 Å². The second-order valence-corrected chi connectivity index (χ2v) is 8.57. The largest absolute Gasteiger partial charge is 0.472 e. The predicted octanol–water partition coefficient (Wildman–Crippen LogP) is 2.67. The number of nitrogens with one attached hydrogen (secondary N) is 1. The first-order valence-electron chi connectivity index (χ1n) is 7.51. The van der Waals surface area contributed by atoms with Crippen molar-refractivity contribution >= 4 is 43.5 Å². The van der Waals surface area contributed by atoms with Gasteiger partial charge in [-0.3, -0.25) is 4.79 Å². The molecule has 1 N–H and O–H groups in total. The molecule has 0 aromatic carbocycles. The topological polar surface area (TPSA) is 92.5 Å². The fourth-order valence-electron chi connectivity index (χ4n) is 2.61. The second-order valence-electron chi connectivity index (χ2n) is 5.64. The number of furan rings is 1. The monoisotopic (exact) mass is 447 g/mol. The Hall–Kier alpha value is -1.42. The highest BCUT2D eigenvalue weighted by molar-refractivity contribution is 9.10. The first kappa shape index (κ1) is 18.4. The van der Waals surface area contributed by atoms with E-state index in [0.29, 0.717) is 36.0 Å². The standard InChI is InChI=1S/C15H15BrClN3O4S/c16-13-7-12(8-18-14(13)17)25(22,23)19-11-1-4-20(5-2-11)15(21)10-3-6-24-9-10/h3,6-9,11,19H,1-2,4-5H2. The molecule has 134 valence electrons. The van der Waals surface area contributed by atoms with E-state index in [2.05, 4.69) is 25.6 Å². The Bertz CT molecular complexity index is 865. The molecule has 2 aromatic heterocycles. The number of amides is 1. The number of sulfonamides is 1. The molecule has 7 nitrogen and oxygen atoms in total. The Morgan fingerprint density at radius 3 is 2.72 bits per heavy atom. The lowest BCUT2D eigenvalue weighted by Crippen LogP contribution is -2.46. The summed E-state index contributed by atoms with van der Waals surface area (Å²) in [5.74, 6) is -0.110. The number of hydrogen-bond acceptors (Lipinski definition) is 5. The fourth-order valence-corrected chi connectivity index (χ4v) is 4.49. The third-order valence-electron chi connectivity index (χ3n) is 3.95. The molecule has 0 unspecified atom stereocenters. The first-order chi connectivity index (χ1) is 11.9. The lowest BCUT2D eigenvalue weighted by atomic mass is 10.1. The molecule has 2 aromatic rings. The number of pyridine rings is 1. The van der Waals surface area contributed by atoms with Crippen LogP contribution in [0, 0.1) is 0 Å². The van der Waals surface area contributed by atoms with Crippen LogP contribution in [0.3, 0.4) is 0 Å². The summed E-state index contributed by atoms with van der Waals surface area (Å²) in [5, 5.41) is 0.199. The van der Waals surface area contributed by atoms with E-state index in [1.165, 1.54) is 24.8 Å². The van der Waals surface area contributed by atoms with Gasteiger partial charge in [0.2, 0.25) is 10.0 Å². The summed E-state index contributed by atoms with van der Waals surface area (Å²) in [5.41, 5.74) is 0.496. The van der Waals surface area contributed by atoms with E-state index in [1.807, 2.05) is 0 Å². The van der Waals surface area contributed by atoms with Crippen molar-refractivity contribution < 1.29 is 17.6 Å². The van der Waals surface area contributed by atoms with E-state index >= 15 is 0 Å². The number of halogens is 2. The number of carbonyl (C=O) groups is 1. The maximum absolute atomic E-state index is 12.5. The van der Waals surface area contributed by atoms with E-state index in [-0.39, 0.29) is 22.0 Å². The molecule has 0 bridgehead atoms. The second kappa shape index (κ2) is 7.45. The molecule has 3 rings (SSSR count). The van der Waals surface area contributed by atoms with E-state index in [9.17, 15) is 13.2 Å². The predicted molar refractivity (Wildman–Crippen MR) is 94.9 cm³/mol. The summed E-state index contributed by atoms with van der Waals surface area (Å²) >= 11 is 8.96. The van der Waals surface area contributed by atoms with E-state index in [1.54, 1.807) is 11.0 Å². The van der Waals surface area contributed by atoms with Crippen LogP contribution in [0.1, 0.15) is 23.2 Å². The molecule has 0 spiro atoms. The zero-order chi connectivity index (χ0) is 18.0. The third kappa shape index (κ3) is 4.22. The van der Waals surface area contributed by atoms with Crippen molar-refractivity contribution in [3.8, 4) is 0 Å². The zero-order valence-electron chi connectivity index (χ0n) is 13.0. The van der Waals surface area contributed by atoms with Crippen LogP contribution < -0.4 is 4.72 Å². The SMILES string of the molecule is O=C(c1ccoc1)N1CCC(NS(=O)(=O)c2cnc(Cl)c(Br)c2)CC1.